The molecule has 1 N–H and O–H groups in total. The Morgan fingerprint density at radius 2 is 2.06 bits per heavy atom. The maximum Gasteiger partial charge on any atom is 0.269 e. The fraction of sp³-hybridized carbons (Fsp3) is 0.250. The number of carbonyl (C=O) groups excluding carboxylic acids is 1. The minimum atomic E-state index is -0.466. The lowest BCUT2D eigenvalue weighted by atomic mass is 10.2. The van der Waals surface area contributed by atoms with Gasteiger partial charge in [0.25, 0.3) is 5.69 Å². The summed E-state index contributed by atoms with van der Waals surface area (Å²) >= 11 is 5.47. The van der Waals surface area contributed by atoms with Crippen LogP contribution in [0.3, 0.4) is 0 Å². The van der Waals surface area contributed by atoms with Crippen molar-refractivity contribution in [3.05, 3.63) is 46.0 Å². The number of amides is 1. The summed E-state index contributed by atoms with van der Waals surface area (Å²) in [5, 5.41) is 13.1. The predicted octanol–water partition coefficient (Wildman–Crippen LogP) is 2.35. The number of nitrogens with zero attached hydrogens (tertiary/aromatic N) is 1. The van der Waals surface area contributed by atoms with Gasteiger partial charge in [0.15, 0.2) is 0 Å². The number of nitro benzene ring substituents is 1. The Morgan fingerprint density at radius 1 is 1.39 bits per heavy atom. The number of non-ortho nitro benzene ring substituents is 1. The highest BCUT2D eigenvalue weighted by atomic mass is 35.5. The first-order chi connectivity index (χ1) is 8.63. The maximum absolute atomic E-state index is 11.3. The molecule has 0 aromatic heterocycles. The summed E-state index contributed by atoms with van der Waals surface area (Å²) in [6, 6.07) is 5.96. The van der Waals surface area contributed by atoms with E-state index in [9.17, 15) is 14.9 Å². The van der Waals surface area contributed by atoms with Gasteiger partial charge in [-0.05, 0) is 30.2 Å². The number of hydrogen-bond donors (Lipinski definition) is 1. The first-order valence-electron chi connectivity index (χ1n) is 5.40. The summed E-state index contributed by atoms with van der Waals surface area (Å²) in [7, 11) is 0. The third-order valence-electron chi connectivity index (χ3n) is 2.14. The third kappa shape index (κ3) is 4.97. The largest absolute Gasteiger partial charge is 0.353 e. The molecule has 1 rings (SSSR count). The topological polar surface area (TPSA) is 72.2 Å². The minimum Gasteiger partial charge on any atom is -0.353 e. The SMILES string of the molecule is O=C(C=Cc1ccc([N+](=O)[O-])cc1)NCCCCl. The van der Waals surface area contributed by atoms with Crippen molar-refractivity contribution in [3.63, 3.8) is 0 Å². The molecule has 5 nitrogen and oxygen atoms in total. The Labute approximate surface area is 110 Å². The molecular formula is C12H13ClN2O3. The van der Waals surface area contributed by atoms with Crippen LogP contribution in [-0.4, -0.2) is 23.3 Å². The van der Waals surface area contributed by atoms with E-state index in [1.807, 2.05) is 0 Å². The molecule has 6 heteroatoms. The molecule has 0 aliphatic heterocycles. The predicted molar refractivity (Wildman–Crippen MR) is 70.5 cm³/mol. The number of hydrogen-bond acceptors (Lipinski definition) is 3. The minimum absolute atomic E-state index is 0.0266. The van der Waals surface area contributed by atoms with E-state index in [0.29, 0.717) is 12.4 Å². The molecule has 1 aromatic rings. The Hall–Kier alpha value is -1.88. The lowest BCUT2D eigenvalue weighted by Gasteiger charge is -1.98. The summed E-state index contributed by atoms with van der Waals surface area (Å²) in [6.45, 7) is 0.535. The number of carbonyl (C=O) groups is 1. The van der Waals surface area contributed by atoms with E-state index in [-0.39, 0.29) is 11.6 Å². The van der Waals surface area contributed by atoms with Gasteiger partial charge < -0.3 is 5.32 Å². The molecule has 0 spiro atoms. The summed E-state index contributed by atoms with van der Waals surface area (Å²) < 4.78 is 0. The van der Waals surface area contributed by atoms with Crippen molar-refractivity contribution in [3.8, 4) is 0 Å². The van der Waals surface area contributed by atoms with E-state index in [1.54, 1.807) is 18.2 Å². The van der Waals surface area contributed by atoms with Crippen molar-refractivity contribution in [1.29, 1.82) is 0 Å². The monoisotopic (exact) mass is 268 g/mol. The first kappa shape index (κ1) is 14.2. The van der Waals surface area contributed by atoms with Crippen molar-refractivity contribution < 1.29 is 9.72 Å². The average Bonchev–Trinajstić information content (AvgIpc) is 2.37. The lowest BCUT2D eigenvalue weighted by Crippen LogP contribution is -2.22. The van der Waals surface area contributed by atoms with Crippen LogP contribution in [0.1, 0.15) is 12.0 Å². The molecule has 1 amide bonds. The zero-order valence-corrected chi connectivity index (χ0v) is 10.4. The van der Waals surface area contributed by atoms with Gasteiger partial charge in [-0.3, -0.25) is 14.9 Å². The average molecular weight is 269 g/mol. The zero-order valence-electron chi connectivity index (χ0n) is 9.64. The Morgan fingerprint density at radius 3 is 2.61 bits per heavy atom. The van der Waals surface area contributed by atoms with Gasteiger partial charge in [-0.25, -0.2) is 0 Å². The molecule has 0 aliphatic rings. The van der Waals surface area contributed by atoms with Gasteiger partial charge >= 0.3 is 0 Å². The van der Waals surface area contributed by atoms with Crippen molar-refractivity contribution in [2.24, 2.45) is 0 Å². The van der Waals surface area contributed by atoms with E-state index < -0.39 is 4.92 Å². The van der Waals surface area contributed by atoms with Crippen LogP contribution < -0.4 is 5.32 Å². The van der Waals surface area contributed by atoms with Gasteiger partial charge in [-0.15, -0.1) is 11.6 Å². The molecule has 96 valence electrons. The zero-order chi connectivity index (χ0) is 13.4. The quantitative estimate of drug-likeness (QED) is 0.283. The molecule has 0 unspecified atom stereocenters. The van der Waals surface area contributed by atoms with Crippen LogP contribution in [0.5, 0.6) is 0 Å². The smallest absolute Gasteiger partial charge is 0.269 e. The van der Waals surface area contributed by atoms with E-state index in [4.69, 9.17) is 11.6 Å². The summed E-state index contributed by atoms with van der Waals surface area (Å²) in [4.78, 5) is 21.3. The fourth-order valence-electron chi connectivity index (χ4n) is 1.22. The van der Waals surface area contributed by atoms with Gasteiger partial charge in [-0.1, -0.05) is 0 Å². The number of nitro groups is 1. The van der Waals surface area contributed by atoms with Crippen LogP contribution in [-0.2, 0) is 4.79 Å². The molecule has 18 heavy (non-hydrogen) atoms. The number of halogens is 1. The second-order valence-electron chi connectivity index (χ2n) is 3.52. The van der Waals surface area contributed by atoms with Crippen molar-refractivity contribution in [2.45, 2.75) is 6.42 Å². The fourth-order valence-corrected chi connectivity index (χ4v) is 1.35. The van der Waals surface area contributed by atoms with Crippen molar-refractivity contribution in [1.82, 2.24) is 5.32 Å². The highest BCUT2D eigenvalue weighted by molar-refractivity contribution is 6.17. The highest BCUT2D eigenvalue weighted by Crippen LogP contribution is 2.12. The Kier molecular flexibility index (Phi) is 5.87. The van der Waals surface area contributed by atoms with Crippen LogP contribution in [0.25, 0.3) is 6.08 Å². The highest BCUT2D eigenvalue weighted by Gasteiger charge is 2.02. The molecule has 0 aliphatic carbocycles. The van der Waals surface area contributed by atoms with E-state index >= 15 is 0 Å². The number of alkyl halides is 1. The first-order valence-corrected chi connectivity index (χ1v) is 5.93. The van der Waals surface area contributed by atoms with E-state index in [0.717, 1.165) is 12.0 Å². The third-order valence-corrected chi connectivity index (χ3v) is 2.41. The Balaban J connectivity index is 2.51. The van der Waals surface area contributed by atoms with Crippen molar-refractivity contribution in [2.75, 3.05) is 12.4 Å². The molecule has 0 heterocycles. The molecule has 1 aromatic carbocycles. The molecule has 0 atom stereocenters. The normalized spacial score (nSPS) is 10.5. The Bertz CT molecular complexity index is 443. The van der Waals surface area contributed by atoms with Crippen LogP contribution in [0.2, 0.25) is 0 Å². The van der Waals surface area contributed by atoms with Crippen molar-refractivity contribution >= 4 is 29.3 Å². The summed E-state index contributed by atoms with van der Waals surface area (Å²) in [5.74, 6) is 0.297. The lowest BCUT2D eigenvalue weighted by molar-refractivity contribution is -0.384. The van der Waals surface area contributed by atoms with E-state index in [1.165, 1.54) is 18.2 Å². The van der Waals surface area contributed by atoms with Gasteiger partial charge in [0.1, 0.15) is 0 Å². The van der Waals surface area contributed by atoms with Gasteiger partial charge in [0, 0.05) is 30.6 Å². The summed E-state index contributed by atoms with van der Waals surface area (Å²) in [5.41, 5.74) is 0.756. The maximum atomic E-state index is 11.3. The summed E-state index contributed by atoms with van der Waals surface area (Å²) in [6.07, 6.45) is 3.70. The molecule has 0 saturated heterocycles. The molecule has 0 saturated carbocycles. The standard InChI is InChI=1S/C12H13ClN2O3/c13-8-1-9-14-12(16)7-4-10-2-5-11(6-3-10)15(17)18/h2-7H,1,8-9H2,(H,14,16). The van der Waals surface area contributed by atoms with Crippen LogP contribution >= 0.6 is 11.6 Å². The number of nitrogens with one attached hydrogen (secondary N) is 1. The second kappa shape index (κ2) is 7.45. The molecular weight excluding hydrogens is 256 g/mol. The van der Waals surface area contributed by atoms with E-state index in [2.05, 4.69) is 5.32 Å². The van der Waals surface area contributed by atoms with Crippen LogP contribution in [0.15, 0.2) is 30.3 Å². The molecule has 0 fully saturated rings. The number of rotatable bonds is 6. The van der Waals surface area contributed by atoms with Gasteiger partial charge in [0.05, 0.1) is 4.92 Å². The van der Waals surface area contributed by atoms with Crippen LogP contribution in [0.4, 0.5) is 5.69 Å². The van der Waals surface area contributed by atoms with Gasteiger partial charge in [0.2, 0.25) is 5.91 Å². The molecule has 0 bridgehead atoms. The van der Waals surface area contributed by atoms with Gasteiger partial charge in [-0.2, -0.15) is 0 Å². The number of benzene rings is 1. The van der Waals surface area contributed by atoms with Crippen LogP contribution in [0, 0.1) is 10.1 Å². The second-order valence-corrected chi connectivity index (χ2v) is 3.89. The molecule has 0 radical (unpaired) electrons.